The van der Waals surface area contributed by atoms with Crippen LogP contribution in [0, 0.1) is 5.92 Å². The van der Waals surface area contributed by atoms with Crippen molar-refractivity contribution in [3.05, 3.63) is 35.1 Å². The summed E-state index contributed by atoms with van der Waals surface area (Å²) in [6.45, 7) is 0.998. The van der Waals surface area contributed by atoms with Crippen LogP contribution in [0.3, 0.4) is 0 Å². The van der Waals surface area contributed by atoms with E-state index in [0.717, 1.165) is 30.9 Å². The molecule has 0 aromatic heterocycles. The molecular weight excluding hydrogens is 318 g/mol. The molecule has 134 valence electrons. The highest BCUT2D eigenvalue weighted by atomic mass is 16.5. The Kier molecular flexibility index (Phi) is 3.80. The average molecular weight is 343 g/mol. The molecule has 1 aromatic carbocycles. The second kappa shape index (κ2) is 5.77. The van der Waals surface area contributed by atoms with Gasteiger partial charge in [0.25, 0.3) is 0 Å². The van der Waals surface area contributed by atoms with Gasteiger partial charge in [-0.3, -0.25) is 4.79 Å². The summed E-state index contributed by atoms with van der Waals surface area (Å²) in [4.78, 5) is 15.1. The van der Waals surface area contributed by atoms with Crippen LogP contribution >= 0.6 is 0 Å². The minimum Gasteiger partial charge on any atom is -0.493 e. The lowest BCUT2D eigenvalue weighted by atomic mass is 9.53. The SMILES string of the molecule is COC1=CC2C3Cc4cc(OC)c(OC)cc4C2(CCN3C)CC1=O. The van der Waals surface area contributed by atoms with Crippen LogP contribution in [0.5, 0.6) is 11.5 Å². The zero-order chi connectivity index (χ0) is 17.8. The van der Waals surface area contributed by atoms with Gasteiger partial charge in [0.1, 0.15) is 0 Å². The summed E-state index contributed by atoms with van der Waals surface area (Å²) in [7, 11) is 7.09. The Morgan fingerprint density at radius 3 is 2.52 bits per heavy atom. The summed E-state index contributed by atoms with van der Waals surface area (Å²) in [5.41, 5.74) is 2.36. The number of hydrogen-bond acceptors (Lipinski definition) is 5. The van der Waals surface area contributed by atoms with Gasteiger partial charge in [-0.1, -0.05) is 0 Å². The van der Waals surface area contributed by atoms with E-state index < -0.39 is 0 Å². The summed E-state index contributed by atoms with van der Waals surface area (Å²) in [6.07, 6.45) is 4.49. The number of Topliss-reactive ketones (excluding diaryl/α,β-unsaturated/α-hetero) is 1. The lowest BCUT2D eigenvalue weighted by molar-refractivity contribution is -0.122. The summed E-state index contributed by atoms with van der Waals surface area (Å²) in [6, 6.07) is 4.57. The maximum Gasteiger partial charge on any atom is 0.197 e. The number of rotatable bonds is 3. The van der Waals surface area contributed by atoms with Crippen LogP contribution in [0.25, 0.3) is 0 Å². The van der Waals surface area contributed by atoms with Crippen LogP contribution < -0.4 is 9.47 Å². The third-order valence-corrected chi connectivity index (χ3v) is 6.41. The topological polar surface area (TPSA) is 48.0 Å². The fourth-order valence-electron chi connectivity index (χ4n) is 5.11. The van der Waals surface area contributed by atoms with Crippen molar-refractivity contribution in [2.24, 2.45) is 5.92 Å². The first-order valence-corrected chi connectivity index (χ1v) is 8.78. The molecular formula is C20H25NO4. The molecule has 3 aliphatic rings. The number of ketones is 1. The minimum absolute atomic E-state index is 0.102. The van der Waals surface area contributed by atoms with Crippen LogP contribution in [-0.2, 0) is 21.4 Å². The lowest BCUT2D eigenvalue weighted by Gasteiger charge is -2.56. The first kappa shape index (κ1) is 16.5. The number of benzene rings is 1. The number of likely N-dealkylation sites (N-methyl/N-ethyl adjacent to an activating group) is 1. The van der Waals surface area contributed by atoms with E-state index >= 15 is 0 Å². The monoisotopic (exact) mass is 343 g/mol. The molecule has 2 bridgehead atoms. The number of carbonyl (C=O) groups excluding carboxylic acids is 1. The van der Waals surface area contributed by atoms with E-state index in [1.165, 1.54) is 11.1 Å². The highest BCUT2D eigenvalue weighted by Crippen LogP contribution is 2.55. The van der Waals surface area contributed by atoms with Crippen molar-refractivity contribution >= 4 is 5.78 Å². The number of nitrogens with zero attached hydrogens (tertiary/aromatic N) is 1. The van der Waals surface area contributed by atoms with Gasteiger partial charge in [0.05, 0.1) is 21.3 Å². The molecule has 5 heteroatoms. The Bertz CT molecular complexity index is 756. The van der Waals surface area contributed by atoms with Crippen molar-refractivity contribution < 1.29 is 19.0 Å². The van der Waals surface area contributed by atoms with E-state index in [1.807, 2.05) is 0 Å². The number of methoxy groups -OCH3 is 3. The van der Waals surface area contributed by atoms with Gasteiger partial charge >= 0.3 is 0 Å². The number of ether oxygens (including phenoxy) is 3. The number of fused-ring (bicyclic) bond motifs is 1. The van der Waals surface area contributed by atoms with Gasteiger partial charge in [0.15, 0.2) is 23.0 Å². The van der Waals surface area contributed by atoms with Gasteiger partial charge in [-0.25, -0.2) is 0 Å². The number of carbonyl (C=O) groups is 1. The Labute approximate surface area is 148 Å². The smallest absolute Gasteiger partial charge is 0.197 e. The van der Waals surface area contributed by atoms with Gasteiger partial charge in [-0.05, 0) is 55.8 Å². The number of piperidine rings is 1. The van der Waals surface area contributed by atoms with Crippen molar-refractivity contribution in [1.29, 1.82) is 0 Å². The van der Waals surface area contributed by atoms with E-state index in [9.17, 15) is 4.79 Å². The first-order chi connectivity index (χ1) is 12.0. The molecule has 0 saturated carbocycles. The van der Waals surface area contributed by atoms with E-state index in [-0.39, 0.29) is 17.1 Å². The van der Waals surface area contributed by atoms with Gasteiger partial charge in [-0.15, -0.1) is 0 Å². The molecule has 25 heavy (non-hydrogen) atoms. The molecule has 1 aromatic rings. The number of hydrogen-bond donors (Lipinski definition) is 0. The summed E-state index contributed by atoms with van der Waals surface area (Å²) < 4.78 is 16.4. The predicted molar refractivity (Wildman–Crippen MR) is 94.2 cm³/mol. The molecule has 4 rings (SSSR count). The molecule has 5 nitrogen and oxygen atoms in total. The second-order valence-electron chi connectivity index (χ2n) is 7.38. The molecule has 3 unspecified atom stereocenters. The van der Waals surface area contributed by atoms with Crippen molar-refractivity contribution in [2.45, 2.75) is 30.7 Å². The summed E-state index contributed by atoms with van der Waals surface area (Å²) in [5.74, 6) is 2.40. The van der Waals surface area contributed by atoms with Crippen LogP contribution in [0.4, 0.5) is 0 Å². The third kappa shape index (κ3) is 2.21. The van der Waals surface area contributed by atoms with Crippen LogP contribution in [0.15, 0.2) is 24.0 Å². The maximum atomic E-state index is 12.7. The Hall–Kier alpha value is -2.01. The maximum absolute atomic E-state index is 12.7. The van der Waals surface area contributed by atoms with Crippen LogP contribution in [-0.4, -0.2) is 51.6 Å². The van der Waals surface area contributed by atoms with E-state index in [0.29, 0.717) is 18.2 Å². The van der Waals surface area contributed by atoms with Crippen molar-refractivity contribution in [2.75, 3.05) is 34.9 Å². The third-order valence-electron chi connectivity index (χ3n) is 6.41. The van der Waals surface area contributed by atoms with Gasteiger partial charge in [-0.2, -0.15) is 0 Å². The molecule has 1 heterocycles. The van der Waals surface area contributed by atoms with Gasteiger partial charge < -0.3 is 19.1 Å². The Morgan fingerprint density at radius 1 is 1.12 bits per heavy atom. The van der Waals surface area contributed by atoms with Gasteiger partial charge in [0, 0.05) is 23.8 Å². The van der Waals surface area contributed by atoms with Gasteiger partial charge in [0.2, 0.25) is 0 Å². The fraction of sp³-hybridized carbons (Fsp3) is 0.550. The Balaban J connectivity index is 1.93. The fourth-order valence-corrected chi connectivity index (χ4v) is 5.11. The lowest BCUT2D eigenvalue weighted by Crippen LogP contribution is -2.60. The molecule has 0 spiro atoms. The zero-order valence-corrected chi connectivity index (χ0v) is 15.3. The summed E-state index contributed by atoms with van der Waals surface area (Å²) in [5, 5.41) is 0. The molecule has 1 aliphatic heterocycles. The first-order valence-electron chi connectivity index (χ1n) is 8.78. The van der Waals surface area contributed by atoms with Crippen LogP contribution in [0.2, 0.25) is 0 Å². The average Bonchev–Trinajstić information content (AvgIpc) is 2.63. The molecule has 2 aliphatic carbocycles. The number of allylic oxidation sites excluding steroid dienone is 1. The van der Waals surface area contributed by atoms with E-state index in [2.05, 4.69) is 30.2 Å². The Morgan fingerprint density at radius 2 is 1.84 bits per heavy atom. The molecule has 0 amide bonds. The highest BCUT2D eigenvalue weighted by Gasteiger charge is 2.55. The molecule has 0 N–H and O–H groups in total. The molecule has 1 fully saturated rings. The number of likely N-dealkylation sites (tertiary alicyclic amines) is 1. The van der Waals surface area contributed by atoms with Crippen molar-refractivity contribution in [3.63, 3.8) is 0 Å². The second-order valence-corrected chi connectivity index (χ2v) is 7.38. The molecule has 0 radical (unpaired) electrons. The highest BCUT2D eigenvalue weighted by molar-refractivity contribution is 5.96. The largest absolute Gasteiger partial charge is 0.493 e. The van der Waals surface area contributed by atoms with Crippen molar-refractivity contribution in [1.82, 2.24) is 4.90 Å². The van der Waals surface area contributed by atoms with Crippen molar-refractivity contribution in [3.8, 4) is 11.5 Å². The van der Waals surface area contributed by atoms with E-state index in [1.54, 1.807) is 21.3 Å². The standard InChI is InChI=1S/C20H25NO4/c1-21-6-5-20-11-16(22)17(23-2)10-14(20)15(21)7-12-8-18(24-3)19(25-4)9-13(12)20/h8-10,14-15H,5-7,11H2,1-4H3. The predicted octanol–water partition coefficient (Wildman–Crippen LogP) is 2.32. The molecule has 3 atom stereocenters. The van der Waals surface area contributed by atoms with Crippen LogP contribution in [0.1, 0.15) is 24.0 Å². The zero-order valence-electron chi connectivity index (χ0n) is 15.3. The minimum atomic E-state index is -0.163. The normalized spacial score (nSPS) is 30.9. The quantitative estimate of drug-likeness (QED) is 0.843. The molecule has 1 saturated heterocycles. The van der Waals surface area contributed by atoms with E-state index in [4.69, 9.17) is 14.2 Å². The summed E-state index contributed by atoms with van der Waals surface area (Å²) >= 11 is 0.